The number of nitrogens with one attached hydrogen (secondary N) is 1. The molecule has 0 bridgehead atoms. The van der Waals surface area contributed by atoms with Crippen LogP contribution in [0.1, 0.15) is 11.1 Å². The Labute approximate surface area is 90.3 Å². The molecule has 0 saturated heterocycles. The zero-order valence-electron chi connectivity index (χ0n) is 7.46. The van der Waals surface area contributed by atoms with E-state index in [2.05, 4.69) is 21.2 Å². The molecular weight excluding hydrogens is 246 g/mol. The van der Waals surface area contributed by atoms with Gasteiger partial charge in [-0.25, -0.2) is 0 Å². The fourth-order valence-electron chi connectivity index (χ4n) is 1.68. The van der Waals surface area contributed by atoms with Gasteiger partial charge in [0.15, 0.2) is 0 Å². The van der Waals surface area contributed by atoms with Crippen molar-refractivity contribution in [3.63, 3.8) is 0 Å². The number of carboxylic acid groups (broad SMARTS) is 1. The monoisotopic (exact) mass is 255 g/mol. The summed E-state index contributed by atoms with van der Waals surface area (Å²) in [6, 6.07) is 5.47. The van der Waals surface area contributed by atoms with E-state index in [1.807, 2.05) is 18.2 Å². The highest BCUT2D eigenvalue weighted by molar-refractivity contribution is 9.10. The van der Waals surface area contributed by atoms with Gasteiger partial charge in [-0.05, 0) is 23.6 Å². The summed E-state index contributed by atoms with van der Waals surface area (Å²) in [6.45, 7) is 0.631. The molecule has 0 fully saturated rings. The maximum atomic E-state index is 10.8. The largest absolute Gasteiger partial charge is 0.480 e. The van der Waals surface area contributed by atoms with Crippen LogP contribution in [-0.2, 0) is 17.8 Å². The summed E-state index contributed by atoms with van der Waals surface area (Å²) in [5, 5.41) is 11.9. The van der Waals surface area contributed by atoms with Gasteiger partial charge in [0.05, 0.1) is 0 Å². The average molecular weight is 256 g/mol. The normalized spacial score (nSPS) is 20.2. The maximum absolute atomic E-state index is 10.8. The van der Waals surface area contributed by atoms with E-state index in [9.17, 15) is 4.79 Å². The smallest absolute Gasteiger partial charge is 0.321 e. The Morgan fingerprint density at radius 2 is 2.36 bits per heavy atom. The van der Waals surface area contributed by atoms with Gasteiger partial charge < -0.3 is 10.4 Å². The van der Waals surface area contributed by atoms with Crippen molar-refractivity contribution in [1.82, 2.24) is 5.32 Å². The molecule has 1 aromatic rings. The number of aliphatic carboxylic acids is 1. The Balaban J connectivity index is 2.33. The van der Waals surface area contributed by atoms with Crippen molar-refractivity contribution in [3.8, 4) is 0 Å². The first-order valence-corrected chi connectivity index (χ1v) is 5.20. The van der Waals surface area contributed by atoms with Crippen LogP contribution in [0.5, 0.6) is 0 Å². The van der Waals surface area contributed by atoms with Gasteiger partial charge in [0.25, 0.3) is 0 Å². The van der Waals surface area contributed by atoms with Gasteiger partial charge in [0.1, 0.15) is 6.04 Å². The number of rotatable bonds is 1. The first kappa shape index (κ1) is 9.68. The minimum Gasteiger partial charge on any atom is -0.480 e. The van der Waals surface area contributed by atoms with Gasteiger partial charge in [-0.15, -0.1) is 0 Å². The Hall–Kier alpha value is -0.870. The van der Waals surface area contributed by atoms with Gasteiger partial charge >= 0.3 is 5.97 Å². The van der Waals surface area contributed by atoms with Gasteiger partial charge in [-0.1, -0.05) is 28.1 Å². The Morgan fingerprint density at radius 1 is 1.57 bits per heavy atom. The van der Waals surface area contributed by atoms with E-state index in [0.717, 1.165) is 10.0 Å². The molecule has 2 N–H and O–H groups in total. The lowest BCUT2D eigenvalue weighted by Crippen LogP contribution is -2.41. The molecule has 0 saturated carbocycles. The highest BCUT2D eigenvalue weighted by Crippen LogP contribution is 2.25. The zero-order chi connectivity index (χ0) is 10.1. The molecule has 74 valence electrons. The number of carboxylic acids is 1. The van der Waals surface area contributed by atoms with Crippen molar-refractivity contribution in [1.29, 1.82) is 0 Å². The number of halogens is 1. The molecule has 2 rings (SSSR count). The first-order valence-electron chi connectivity index (χ1n) is 4.41. The lowest BCUT2D eigenvalue weighted by atomic mass is 9.96. The number of benzene rings is 1. The molecule has 0 amide bonds. The van der Waals surface area contributed by atoms with Gasteiger partial charge in [0.2, 0.25) is 0 Å². The van der Waals surface area contributed by atoms with Crippen LogP contribution < -0.4 is 5.32 Å². The van der Waals surface area contributed by atoms with Crippen LogP contribution in [-0.4, -0.2) is 17.1 Å². The quantitative estimate of drug-likeness (QED) is 0.801. The summed E-state index contributed by atoms with van der Waals surface area (Å²) in [7, 11) is 0. The molecular formula is C10H10BrNO2. The highest BCUT2D eigenvalue weighted by Gasteiger charge is 2.24. The predicted octanol–water partition coefficient (Wildman–Crippen LogP) is 1.55. The number of fused-ring (bicyclic) bond motifs is 1. The van der Waals surface area contributed by atoms with Crippen molar-refractivity contribution >= 4 is 21.9 Å². The molecule has 1 atom stereocenters. The summed E-state index contributed by atoms with van der Waals surface area (Å²) in [5.41, 5.74) is 2.29. The molecule has 1 heterocycles. The van der Waals surface area contributed by atoms with Crippen LogP contribution in [0, 0.1) is 0 Å². The molecule has 14 heavy (non-hydrogen) atoms. The summed E-state index contributed by atoms with van der Waals surface area (Å²) in [5.74, 6) is -0.786. The second-order valence-corrected chi connectivity index (χ2v) is 4.21. The molecule has 0 aliphatic carbocycles. The standard InChI is InChI=1S/C10H10BrNO2/c11-8-3-1-2-6-5-12-9(10(13)14)4-7(6)8/h1-3,9,12H,4-5H2,(H,13,14)/t9-/m0/s1. The van der Waals surface area contributed by atoms with E-state index in [4.69, 9.17) is 5.11 Å². The van der Waals surface area contributed by atoms with E-state index in [1.54, 1.807) is 0 Å². The molecule has 4 heteroatoms. The second kappa shape index (κ2) is 3.71. The third-order valence-corrected chi connectivity index (χ3v) is 3.20. The van der Waals surface area contributed by atoms with E-state index < -0.39 is 12.0 Å². The van der Waals surface area contributed by atoms with E-state index in [0.29, 0.717) is 13.0 Å². The topological polar surface area (TPSA) is 49.3 Å². The summed E-state index contributed by atoms with van der Waals surface area (Å²) in [6.07, 6.45) is 0.548. The third kappa shape index (κ3) is 1.67. The van der Waals surface area contributed by atoms with Crippen LogP contribution in [0.4, 0.5) is 0 Å². The van der Waals surface area contributed by atoms with Crippen LogP contribution in [0.25, 0.3) is 0 Å². The van der Waals surface area contributed by atoms with Crippen molar-refractivity contribution in [2.75, 3.05) is 0 Å². The number of hydrogen-bond donors (Lipinski definition) is 2. The molecule has 3 nitrogen and oxygen atoms in total. The van der Waals surface area contributed by atoms with E-state index >= 15 is 0 Å². The van der Waals surface area contributed by atoms with Gasteiger partial charge in [0, 0.05) is 11.0 Å². The van der Waals surface area contributed by atoms with Crippen LogP contribution in [0.3, 0.4) is 0 Å². The molecule has 0 spiro atoms. The molecule has 0 unspecified atom stereocenters. The second-order valence-electron chi connectivity index (χ2n) is 3.35. The zero-order valence-corrected chi connectivity index (χ0v) is 9.04. The van der Waals surface area contributed by atoms with Crippen molar-refractivity contribution < 1.29 is 9.90 Å². The lowest BCUT2D eigenvalue weighted by molar-refractivity contribution is -0.139. The Kier molecular flexibility index (Phi) is 2.56. The fraction of sp³-hybridized carbons (Fsp3) is 0.300. The van der Waals surface area contributed by atoms with Crippen molar-refractivity contribution in [2.24, 2.45) is 0 Å². The maximum Gasteiger partial charge on any atom is 0.321 e. The Bertz CT molecular complexity index is 378. The van der Waals surface area contributed by atoms with Crippen LogP contribution >= 0.6 is 15.9 Å². The minimum atomic E-state index is -0.786. The number of hydrogen-bond acceptors (Lipinski definition) is 2. The Morgan fingerprint density at radius 3 is 3.07 bits per heavy atom. The fourth-order valence-corrected chi connectivity index (χ4v) is 2.25. The summed E-state index contributed by atoms with van der Waals surface area (Å²) < 4.78 is 1.00. The van der Waals surface area contributed by atoms with Gasteiger partial charge in [-0.3, -0.25) is 4.79 Å². The highest BCUT2D eigenvalue weighted by atomic mass is 79.9. The molecule has 1 aliphatic rings. The third-order valence-electron chi connectivity index (χ3n) is 2.46. The average Bonchev–Trinajstić information content (AvgIpc) is 2.18. The molecule has 0 radical (unpaired) electrons. The first-order chi connectivity index (χ1) is 6.68. The van der Waals surface area contributed by atoms with Crippen LogP contribution in [0.15, 0.2) is 22.7 Å². The van der Waals surface area contributed by atoms with Gasteiger partial charge in [-0.2, -0.15) is 0 Å². The number of carbonyl (C=O) groups is 1. The van der Waals surface area contributed by atoms with E-state index in [-0.39, 0.29) is 0 Å². The summed E-state index contributed by atoms with van der Waals surface area (Å²) in [4.78, 5) is 10.8. The van der Waals surface area contributed by atoms with E-state index in [1.165, 1.54) is 5.56 Å². The molecule has 1 aliphatic heterocycles. The lowest BCUT2D eigenvalue weighted by Gasteiger charge is -2.23. The van der Waals surface area contributed by atoms with Crippen molar-refractivity contribution in [3.05, 3.63) is 33.8 Å². The SMILES string of the molecule is O=C(O)[C@@H]1Cc2c(Br)cccc2CN1. The van der Waals surface area contributed by atoms with Crippen molar-refractivity contribution in [2.45, 2.75) is 19.0 Å². The van der Waals surface area contributed by atoms with Crippen LogP contribution in [0.2, 0.25) is 0 Å². The molecule has 0 aromatic heterocycles. The predicted molar refractivity (Wildman–Crippen MR) is 56.1 cm³/mol. The summed E-state index contributed by atoms with van der Waals surface area (Å²) >= 11 is 3.44. The molecule has 1 aromatic carbocycles. The minimum absolute atomic E-state index is 0.457.